The second-order valence-corrected chi connectivity index (χ2v) is 4.02. The summed E-state index contributed by atoms with van der Waals surface area (Å²) in [5.74, 6) is -0.0868. The van der Waals surface area contributed by atoms with Crippen LogP contribution in [-0.2, 0) is 4.79 Å². The van der Waals surface area contributed by atoms with Crippen LogP contribution in [-0.4, -0.2) is 36.6 Å². The monoisotopic (exact) mass is 234 g/mol. The van der Waals surface area contributed by atoms with Crippen molar-refractivity contribution in [1.82, 2.24) is 10.4 Å². The van der Waals surface area contributed by atoms with Crippen molar-refractivity contribution in [1.29, 1.82) is 0 Å². The number of carbonyl (C=O) groups is 1. The zero-order valence-corrected chi connectivity index (χ0v) is 9.47. The van der Waals surface area contributed by atoms with E-state index in [2.05, 4.69) is 5.32 Å². The van der Waals surface area contributed by atoms with E-state index >= 15 is 0 Å². The van der Waals surface area contributed by atoms with Gasteiger partial charge < -0.3 is 5.32 Å². The van der Waals surface area contributed by atoms with Crippen molar-refractivity contribution >= 4 is 11.9 Å². The van der Waals surface area contributed by atoms with E-state index in [0.29, 0.717) is 18.2 Å². The highest BCUT2D eigenvalue weighted by atomic mass is 19.2. The molecule has 1 aliphatic rings. The maximum absolute atomic E-state index is 13.0. The molecule has 0 radical (unpaired) electrons. The Balaban J connectivity index is 1.94. The first-order chi connectivity index (χ1) is 8.25. The summed E-state index contributed by atoms with van der Waals surface area (Å²) < 4.78 is 13.0. The van der Waals surface area contributed by atoms with E-state index in [0.717, 1.165) is 5.56 Å². The molecule has 0 saturated carbocycles. The predicted molar refractivity (Wildman–Crippen MR) is 65.0 cm³/mol. The largest absolute Gasteiger partial charge is 0.305 e. The molecule has 1 saturated heterocycles. The second kappa shape index (κ2) is 5.70. The molecule has 4 heteroatoms. The molecule has 0 bridgehead atoms. The molecular weight excluding hydrogens is 219 g/mol. The van der Waals surface area contributed by atoms with E-state index in [-0.39, 0.29) is 12.3 Å². The van der Waals surface area contributed by atoms with Gasteiger partial charge in [0, 0.05) is 13.1 Å². The maximum atomic E-state index is 13.0. The highest BCUT2D eigenvalue weighted by Crippen LogP contribution is 2.04. The summed E-state index contributed by atoms with van der Waals surface area (Å²) in [5, 5.41) is 3.68. The molecule has 1 aliphatic heterocycles. The van der Waals surface area contributed by atoms with E-state index < -0.39 is 6.04 Å². The van der Waals surface area contributed by atoms with Gasteiger partial charge >= 0.3 is 0 Å². The molecule has 1 unspecified atom stereocenters. The van der Waals surface area contributed by atoms with Crippen molar-refractivity contribution < 1.29 is 9.28 Å². The van der Waals surface area contributed by atoms with Gasteiger partial charge in [0.25, 0.3) is 0 Å². The highest BCUT2D eigenvalue weighted by Gasteiger charge is 2.23. The van der Waals surface area contributed by atoms with Crippen molar-refractivity contribution in [2.45, 2.75) is 6.04 Å². The van der Waals surface area contributed by atoms with Crippen molar-refractivity contribution in [3.8, 4) is 0 Å². The topological polar surface area (TPSA) is 32.3 Å². The van der Waals surface area contributed by atoms with Gasteiger partial charge in [-0.15, -0.1) is 9.60 Å². The van der Waals surface area contributed by atoms with Gasteiger partial charge in [-0.3, -0.25) is 4.79 Å². The summed E-state index contributed by atoms with van der Waals surface area (Å²) in [7, 11) is 0. The number of hydrogen-bond donors (Lipinski definition) is 1. The standard InChI is InChI=1S/C13H15FN2O/c14-16-9-8-15-12(10-16)13(17)7-6-11-4-2-1-3-5-11/h1-7,12,15H,8-10H2. The smallest absolute Gasteiger partial charge is 0.173 e. The molecule has 1 heterocycles. The lowest BCUT2D eigenvalue weighted by atomic mass is 10.1. The summed E-state index contributed by atoms with van der Waals surface area (Å²) in [5.41, 5.74) is 0.966. The summed E-state index contributed by atoms with van der Waals surface area (Å²) in [6.07, 6.45) is 3.26. The fraction of sp³-hybridized carbons (Fsp3) is 0.308. The molecule has 0 aliphatic carbocycles. The Morgan fingerprint density at radius 1 is 1.41 bits per heavy atom. The number of hydrogen-bond acceptors (Lipinski definition) is 3. The molecule has 3 nitrogen and oxygen atoms in total. The average Bonchev–Trinajstić information content (AvgIpc) is 2.37. The van der Waals surface area contributed by atoms with Crippen LogP contribution in [0.5, 0.6) is 0 Å². The highest BCUT2D eigenvalue weighted by molar-refractivity contribution is 5.97. The zero-order valence-electron chi connectivity index (χ0n) is 9.47. The van der Waals surface area contributed by atoms with Crippen LogP contribution in [0.3, 0.4) is 0 Å². The normalized spacial score (nSPS) is 21.8. The Morgan fingerprint density at radius 2 is 2.18 bits per heavy atom. The van der Waals surface area contributed by atoms with Crippen LogP contribution < -0.4 is 5.32 Å². The predicted octanol–water partition coefficient (Wildman–Crippen LogP) is 1.43. The first-order valence-electron chi connectivity index (χ1n) is 5.67. The van der Waals surface area contributed by atoms with Crippen molar-refractivity contribution in [3.05, 3.63) is 42.0 Å². The van der Waals surface area contributed by atoms with Gasteiger partial charge in [-0.1, -0.05) is 36.4 Å². The third kappa shape index (κ3) is 3.47. The van der Waals surface area contributed by atoms with Crippen molar-refractivity contribution in [2.24, 2.45) is 0 Å². The SMILES string of the molecule is O=C(C=Cc1ccccc1)C1CN(F)CCN1. The van der Waals surface area contributed by atoms with Crippen molar-refractivity contribution in [2.75, 3.05) is 19.6 Å². The molecular formula is C13H15FN2O. The van der Waals surface area contributed by atoms with Gasteiger partial charge in [-0.25, -0.2) is 0 Å². The number of ketones is 1. The minimum absolute atomic E-state index is 0.0868. The van der Waals surface area contributed by atoms with Crippen LogP contribution in [0.15, 0.2) is 36.4 Å². The summed E-state index contributed by atoms with van der Waals surface area (Å²) in [6.45, 7) is 0.968. The van der Waals surface area contributed by atoms with E-state index in [9.17, 15) is 9.28 Å². The fourth-order valence-corrected chi connectivity index (χ4v) is 1.76. The van der Waals surface area contributed by atoms with Gasteiger partial charge in [0.05, 0.1) is 12.6 Å². The number of nitrogens with one attached hydrogen (secondary N) is 1. The first-order valence-corrected chi connectivity index (χ1v) is 5.67. The van der Waals surface area contributed by atoms with Crippen LogP contribution in [0.2, 0.25) is 0 Å². The quantitative estimate of drug-likeness (QED) is 0.634. The van der Waals surface area contributed by atoms with E-state index in [4.69, 9.17) is 0 Å². The number of piperazine rings is 1. The molecule has 90 valence electrons. The van der Waals surface area contributed by atoms with Gasteiger partial charge in [-0.05, 0) is 11.6 Å². The lowest BCUT2D eigenvalue weighted by Crippen LogP contribution is -2.51. The molecule has 1 atom stereocenters. The minimum atomic E-state index is -0.436. The molecule has 1 fully saturated rings. The Bertz CT molecular complexity index is 405. The van der Waals surface area contributed by atoms with Gasteiger partial charge in [0.2, 0.25) is 0 Å². The Labute approximate surface area is 99.9 Å². The number of carbonyl (C=O) groups excluding carboxylic acids is 1. The van der Waals surface area contributed by atoms with Gasteiger partial charge in [-0.2, -0.15) is 0 Å². The van der Waals surface area contributed by atoms with E-state index in [1.54, 1.807) is 6.08 Å². The van der Waals surface area contributed by atoms with Crippen LogP contribution in [0, 0.1) is 0 Å². The molecule has 1 N–H and O–H groups in total. The molecule has 2 rings (SSSR count). The number of rotatable bonds is 3. The Hall–Kier alpha value is -1.52. The molecule has 0 aromatic heterocycles. The van der Waals surface area contributed by atoms with Crippen LogP contribution in [0.1, 0.15) is 5.56 Å². The second-order valence-electron chi connectivity index (χ2n) is 4.02. The molecule has 1 aromatic rings. The minimum Gasteiger partial charge on any atom is -0.305 e. The third-order valence-electron chi connectivity index (χ3n) is 2.71. The average molecular weight is 234 g/mol. The molecule has 17 heavy (non-hydrogen) atoms. The van der Waals surface area contributed by atoms with E-state index in [1.165, 1.54) is 6.08 Å². The van der Waals surface area contributed by atoms with Crippen LogP contribution in [0.4, 0.5) is 4.48 Å². The molecule has 0 amide bonds. The van der Waals surface area contributed by atoms with Crippen LogP contribution >= 0.6 is 0 Å². The molecule has 0 spiro atoms. The summed E-state index contributed by atoms with van der Waals surface area (Å²) in [4.78, 5) is 11.8. The zero-order chi connectivity index (χ0) is 12.1. The summed E-state index contributed by atoms with van der Waals surface area (Å²) in [6, 6.07) is 9.13. The van der Waals surface area contributed by atoms with Crippen LogP contribution in [0.25, 0.3) is 6.08 Å². The Kier molecular flexibility index (Phi) is 4.01. The Morgan fingerprint density at radius 3 is 2.88 bits per heavy atom. The number of nitrogens with zero attached hydrogens (tertiary/aromatic N) is 1. The first kappa shape index (κ1) is 12.0. The lowest BCUT2D eigenvalue weighted by molar-refractivity contribution is -0.119. The van der Waals surface area contributed by atoms with Gasteiger partial charge in [0.15, 0.2) is 5.78 Å². The summed E-state index contributed by atoms with van der Waals surface area (Å²) >= 11 is 0. The molecule has 1 aromatic carbocycles. The number of halogens is 1. The van der Waals surface area contributed by atoms with Gasteiger partial charge in [0.1, 0.15) is 0 Å². The fourth-order valence-electron chi connectivity index (χ4n) is 1.76. The number of benzene rings is 1. The van der Waals surface area contributed by atoms with Crippen molar-refractivity contribution in [3.63, 3.8) is 0 Å². The van der Waals surface area contributed by atoms with E-state index in [1.807, 2.05) is 30.3 Å². The maximum Gasteiger partial charge on any atom is 0.173 e. The lowest BCUT2D eigenvalue weighted by Gasteiger charge is -2.25. The third-order valence-corrected chi connectivity index (χ3v) is 2.71.